The summed E-state index contributed by atoms with van der Waals surface area (Å²) in [5.41, 5.74) is 0.540. The highest BCUT2D eigenvalue weighted by atomic mass is 16.6. The Balaban J connectivity index is 2.13. The number of non-ortho nitro benzene ring substituents is 1. The Bertz CT molecular complexity index is 692. The van der Waals surface area contributed by atoms with Crippen molar-refractivity contribution in [2.75, 3.05) is 6.54 Å². The van der Waals surface area contributed by atoms with Gasteiger partial charge in [-0.3, -0.25) is 19.7 Å². The molecule has 1 amide bonds. The van der Waals surface area contributed by atoms with Crippen LogP contribution in [0.15, 0.2) is 36.5 Å². The predicted molar refractivity (Wildman–Crippen MR) is 70.2 cm³/mol. The molecule has 2 rings (SSSR count). The van der Waals surface area contributed by atoms with E-state index in [1.54, 1.807) is 0 Å². The standard InChI is InChI=1S/C12H10N4O5/c17-11(18)7-13-12(19)10-5-6-15(14-10)8-1-3-9(4-2-8)16(20)21/h1-6H,7H2,(H,13,19)(H,17,18). The van der Waals surface area contributed by atoms with Crippen LogP contribution in [0.4, 0.5) is 5.69 Å². The molecule has 0 aliphatic rings. The Kier molecular flexibility index (Phi) is 3.93. The van der Waals surface area contributed by atoms with Gasteiger partial charge in [0.05, 0.1) is 10.6 Å². The molecule has 1 aromatic carbocycles. The van der Waals surface area contributed by atoms with Crippen LogP contribution >= 0.6 is 0 Å². The quantitative estimate of drug-likeness (QED) is 0.613. The second-order valence-electron chi connectivity index (χ2n) is 4.00. The zero-order valence-electron chi connectivity index (χ0n) is 10.6. The average molecular weight is 290 g/mol. The van der Waals surface area contributed by atoms with Crippen molar-refractivity contribution < 1.29 is 19.6 Å². The molecule has 9 nitrogen and oxygen atoms in total. The van der Waals surface area contributed by atoms with Crippen LogP contribution in [0.5, 0.6) is 0 Å². The van der Waals surface area contributed by atoms with E-state index in [2.05, 4.69) is 10.4 Å². The number of nitro groups is 1. The molecular formula is C12H10N4O5. The van der Waals surface area contributed by atoms with Crippen molar-refractivity contribution in [3.8, 4) is 5.69 Å². The first-order chi connectivity index (χ1) is 9.97. The van der Waals surface area contributed by atoms with E-state index in [1.807, 2.05) is 0 Å². The number of carboxylic acid groups (broad SMARTS) is 1. The van der Waals surface area contributed by atoms with Gasteiger partial charge in [-0.25, -0.2) is 4.68 Å². The molecule has 0 saturated heterocycles. The molecule has 21 heavy (non-hydrogen) atoms. The van der Waals surface area contributed by atoms with E-state index < -0.39 is 23.3 Å². The number of aliphatic carboxylic acids is 1. The van der Waals surface area contributed by atoms with Crippen molar-refractivity contribution in [2.24, 2.45) is 0 Å². The normalized spacial score (nSPS) is 10.1. The number of hydrogen-bond acceptors (Lipinski definition) is 5. The SMILES string of the molecule is O=C(O)CNC(=O)c1ccn(-c2ccc([N+](=O)[O-])cc2)n1. The molecule has 0 saturated carbocycles. The van der Waals surface area contributed by atoms with E-state index in [0.29, 0.717) is 5.69 Å². The van der Waals surface area contributed by atoms with Gasteiger partial charge in [0.15, 0.2) is 5.69 Å². The first-order valence-electron chi connectivity index (χ1n) is 5.78. The molecule has 2 aromatic rings. The number of benzene rings is 1. The summed E-state index contributed by atoms with van der Waals surface area (Å²) < 4.78 is 1.36. The molecule has 0 radical (unpaired) electrons. The molecule has 108 valence electrons. The molecule has 9 heteroatoms. The van der Waals surface area contributed by atoms with Gasteiger partial charge in [0.1, 0.15) is 6.54 Å². The molecule has 0 aliphatic carbocycles. The summed E-state index contributed by atoms with van der Waals surface area (Å²) in [6.45, 7) is -0.497. The van der Waals surface area contributed by atoms with Gasteiger partial charge in [0.2, 0.25) is 0 Å². The van der Waals surface area contributed by atoms with Crippen LogP contribution in [0.3, 0.4) is 0 Å². The number of nitrogens with zero attached hydrogens (tertiary/aromatic N) is 3. The maximum atomic E-state index is 11.6. The highest BCUT2D eigenvalue weighted by Crippen LogP contribution is 2.14. The monoisotopic (exact) mass is 290 g/mol. The maximum absolute atomic E-state index is 11.6. The average Bonchev–Trinajstić information content (AvgIpc) is 2.94. The zero-order chi connectivity index (χ0) is 15.4. The minimum Gasteiger partial charge on any atom is -0.480 e. The van der Waals surface area contributed by atoms with Gasteiger partial charge in [0.25, 0.3) is 11.6 Å². The summed E-state index contributed by atoms with van der Waals surface area (Å²) in [6.07, 6.45) is 1.50. The summed E-state index contributed by atoms with van der Waals surface area (Å²) in [5, 5.41) is 25.2. The van der Waals surface area contributed by atoms with Gasteiger partial charge in [-0.15, -0.1) is 0 Å². The van der Waals surface area contributed by atoms with Crippen LogP contribution in [0.25, 0.3) is 5.69 Å². The minimum atomic E-state index is -1.15. The number of nitro benzene ring substituents is 1. The molecule has 0 spiro atoms. The molecule has 1 aromatic heterocycles. The van der Waals surface area contributed by atoms with Crippen LogP contribution in [0.1, 0.15) is 10.5 Å². The Morgan fingerprint density at radius 3 is 2.52 bits per heavy atom. The van der Waals surface area contributed by atoms with Crippen molar-refractivity contribution >= 4 is 17.6 Å². The molecule has 2 N–H and O–H groups in total. The number of aromatic nitrogens is 2. The number of carbonyl (C=O) groups excluding carboxylic acids is 1. The minimum absolute atomic E-state index is 0.0506. The molecule has 0 aliphatic heterocycles. The first kappa shape index (κ1) is 14.2. The number of carbonyl (C=O) groups is 2. The Morgan fingerprint density at radius 1 is 1.29 bits per heavy atom. The summed E-state index contributed by atoms with van der Waals surface area (Å²) in [7, 11) is 0. The van der Waals surface area contributed by atoms with Crippen LogP contribution in [-0.2, 0) is 4.79 Å². The third-order valence-corrected chi connectivity index (χ3v) is 2.55. The van der Waals surface area contributed by atoms with Crippen LogP contribution in [0.2, 0.25) is 0 Å². The lowest BCUT2D eigenvalue weighted by atomic mass is 10.3. The predicted octanol–water partition coefficient (Wildman–Crippen LogP) is 0.595. The zero-order valence-corrected chi connectivity index (χ0v) is 10.6. The number of amides is 1. The number of carboxylic acids is 1. The molecule has 0 atom stereocenters. The van der Waals surface area contributed by atoms with Gasteiger partial charge in [0, 0.05) is 18.3 Å². The summed E-state index contributed by atoms with van der Waals surface area (Å²) in [6, 6.07) is 7.04. The maximum Gasteiger partial charge on any atom is 0.322 e. The molecule has 0 bridgehead atoms. The molecule has 0 fully saturated rings. The van der Waals surface area contributed by atoms with E-state index in [-0.39, 0.29) is 11.4 Å². The van der Waals surface area contributed by atoms with E-state index in [4.69, 9.17) is 5.11 Å². The first-order valence-corrected chi connectivity index (χ1v) is 5.78. The van der Waals surface area contributed by atoms with Crippen molar-refractivity contribution in [1.29, 1.82) is 0 Å². The van der Waals surface area contributed by atoms with E-state index in [1.165, 1.54) is 41.2 Å². The second kappa shape index (κ2) is 5.82. The Morgan fingerprint density at radius 2 is 1.95 bits per heavy atom. The van der Waals surface area contributed by atoms with Crippen molar-refractivity contribution in [1.82, 2.24) is 15.1 Å². The largest absolute Gasteiger partial charge is 0.480 e. The second-order valence-corrected chi connectivity index (χ2v) is 4.00. The summed E-state index contributed by atoms with van der Waals surface area (Å²) in [4.78, 5) is 32.0. The van der Waals surface area contributed by atoms with Gasteiger partial charge < -0.3 is 10.4 Å². The topological polar surface area (TPSA) is 127 Å². The van der Waals surface area contributed by atoms with Gasteiger partial charge in [-0.05, 0) is 18.2 Å². The molecule has 0 unspecified atom stereocenters. The fraction of sp³-hybridized carbons (Fsp3) is 0.0833. The van der Waals surface area contributed by atoms with Gasteiger partial charge in [-0.1, -0.05) is 0 Å². The highest BCUT2D eigenvalue weighted by molar-refractivity contribution is 5.93. The van der Waals surface area contributed by atoms with Gasteiger partial charge in [-0.2, -0.15) is 5.10 Å². The lowest BCUT2D eigenvalue weighted by Crippen LogP contribution is -2.29. The fourth-order valence-corrected chi connectivity index (χ4v) is 1.56. The highest BCUT2D eigenvalue weighted by Gasteiger charge is 2.12. The van der Waals surface area contributed by atoms with Crippen LogP contribution in [-0.4, -0.2) is 38.2 Å². The number of hydrogen-bond donors (Lipinski definition) is 2. The van der Waals surface area contributed by atoms with E-state index in [9.17, 15) is 19.7 Å². The third-order valence-electron chi connectivity index (χ3n) is 2.55. The lowest BCUT2D eigenvalue weighted by Gasteiger charge is -2.01. The molecule has 1 heterocycles. The number of nitrogens with one attached hydrogen (secondary N) is 1. The smallest absolute Gasteiger partial charge is 0.322 e. The number of rotatable bonds is 5. The molecular weight excluding hydrogens is 280 g/mol. The van der Waals surface area contributed by atoms with E-state index >= 15 is 0 Å². The van der Waals surface area contributed by atoms with Crippen molar-refractivity contribution in [2.45, 2.75) is 0 Å². The summed E-state index contributed by atoms with van der Waals surface area (Å²) >= 11 is 0. The Labute approximate surface area is 118 Å². The van der Waals surface area contributed by atoms with Crippen LogP contribution < -0.4 is 5.32 Å². The lowest BCUT2D eigenvalue weighted by molar-refractivity contribution is -0.384. The Hall–Kier alpha value is -3.23. The van der Waals surface area contributed by atoms with E-state index in [0.717, 1.165) is 0 Å². The van der Waals surface area contributed by atoms with Crippen LogP contribution in [0, 0.1) is 10.1 Å². The fourth-order valence-electron chi connectivity index (χ4n) is 1.56. The third kappa shape index (κ3) is 3.41. The van der Waals surface area contributed by atoms with Crippen molar-refractivity contribution in [3.05, 3.63) is 52.3 Å². The van der Waals surface area contributed by atoms with Gasteiger partial charge >= 0.3 is 5.97 Å². The summed E-state index contributed by atoms with van der Waals surface area (Å²) in [5.74, 6) is -1.77. The van der Waals surface area contributed by atoms with Crippen molar-refractivity contribution in [3.63, 3.8) is 0 Å².